The van der Waals surface area contributed by atoms with E-state index in [1.165, 1.54) is 12.8 Å². The van der Waals surface area contributed by atoms with E-state index in [0.29, 0.717) is 6.54 Å². The van der Waals surface area contributed by atoms with Crippen LogP contribution in [-0.2, 0) is 11.3 Å². The van der Waals surface area contributed by atoms with Crippen molar-refractivity contribution in [2.24, 2.45) is 10.9 Å². The highest BCUT2D eigenvalue weighted by Crippen LogP contribution is 2.28. The largest absolute Gasteiger partial charge is 0.467 e. The Labute approximate surface area is 114 Å². The number of aliphatic imine (C=N–C) groups is 1. The third-order valence-electron chi connectivity index (χ3n) is 3.20. The molecule has 1 fully saturated rings. The average molecular weight is 265 g/mol. The van der Waals surface area contributed by atoms with Gasteiger partial charge in [0.1, 0.15) is 5.76 Å². The first kappa shape index (κ1) is 13.9. The first-order chi connectivity index (χ1) is 9.29. The Bertz CT molecular complexity index is 385. The van der Waals surface area contributed by atoms with Crippen LogP contribution in [0.25, 0.3) is 0 Å². The molecule has 1 N–H and O–H groups in total. The Kier molecular flexibility index (Phi) is 5.27. The molecular weight excluding hydrogens is 242 g/mol. The molecule has 1 aromatic rings. The number of hydrogen-bond acceptors (Lipinski definition) is 3. The van der Waals surface area contributed by atoms with E-state index in [-0.39, 0.29) is 0 Å². The zero-order chi connectivity index (χ0) is 13.5. The highest BCUT2D eigenvalue weighted by molar-refractivity contribution is 5.79. The van der Waals surface area contributed by atoms with Crippen LogP contribution in [-0.4, -0.2) is 44.7 Å². The van der Waals surface area contributed by atoms with Gasteiger partial charge in [0, 0.05) is 27.2 Å². The van der Waals surface area contributed by atoms with Gasteiger partial charge in [0.05, 0.1) is 19.4 Å². The van der Waals surface area contributed by atoms with Gasteiger partial charge in [-0.15, -0.1) is 0 Å². The highest BCUT2D eigenvalue weighted by atomic mass is 16.5. The fraction of sp³-hybridized carbons (Fsp3) is 0.643. The number of rotatable bonds is 7. The van der Waals surface area contributed by atoms with Crippen molar-refractivity contribution in [1.82, 2.24) is 10.2 Å². The molecule has 19 heavy (non-hydrogen) atoms. The van der Waals surface area contributed by atoms with E-state index in [1.54, 1.807) is 13.3 Å². The molecule has 1 heterocycles. The number of furan rings is 1. The van der Waals surface area contributed by atoms with Crippen LogP contribution in [0.15, 0.2) is 27.8 Å². The van der Waals surface area contributed by atoms with E-state index in [0.717, 1.165) is 37.4 Å². The quantitative estimate of drug-likeness (QED) is 0.463. The molecule has 0 bridgehead atoms. The number of likely N-dealkylation sites (N-methyl/N-ethyl adjacent to an activating group) is 1. The molecule has 0 amide bonds. The SMILES string of the molecule is CN=C(NCc1ccco1)N(C)CCOCC1CC1. The predicted octanol–water partition coefficient (Wildman–Crippen LogP) is 1.71. The Morgan fingerprint density at radius 2 is 2.42 bits per heavy atom. The lowest BCUT2D eigenvalue weighted by molar-refractivity contribution is 0.115. The van der Waals surface area contributed by atoms with Crippen molar-refractivity contribution in [2.75, 3.05) is 33.9 Å². The predicted molar refractivity (Wildman–Crippen MR) is 75.1 cm³/mol. The number of nitrogens with one attached hydrogen (secondary N) is 1. The van der Waals surface area contributed by atoms with Gasteiger partial charge >= 0.3 is 0 Å². The second-order valence-corrected chi connectivity index (χ2v) is 4.92. The smallest absolute Gasteiger partial charge is 0.193 e. The summed E-state index contributed by atoms with van der Waals surface area (Å²) in [7, 11) is 3.80. The number of hydrogen-bond donors (Lipinski definition) is 1. The Balaban J connectivity index is 1.64. The lowest BCUT2D eigenvalue weighted by Gasteiger charge is -2.21. The minimum absolute atomic E-state index is 0.646. The first-order valence-corrected chi connectivity index (χ1v) is 6.81. The second kappa shape index (κ2) is 7.19. The molecule has 1 aliphatic rings. The first-order valence-electron chi connectivity index (χ1n) is 6.81. The zero-order valence-corrected chi connectivity index (χ0v) is 11.8. The van der Waals surface area contributed by atoms with Gasteiger partial charge in [-0.1, -0.05) is 0 Å². The summed E-state index contributed by atoms with van der Waals surface area (Å²) in [5, 5.41) is 3.26. The van der Waals surface area contributed by atoms with Gasteiger partial charge in [0.15, 0.2) is 5.96 Å². The maximum Gasteiger partial charge on any atom is 0.193 e. The summed E-state index contributed by atoms with van der Waals surface area (Å²) < 4.78 is 10.9. The van der Waals surface area contributed by atoms with Gasteiger partial charge in [0.2, 0.25) is 0 Å². The summed E-state index contributed by atoms with van der Waals surface area (Å²) in [5.41, 5.74) is 0. The van der Waals surface area contributed by atoms with E-state index in [2.05, 4.69) is 15.2 Å². The van der Waals surface area contributed by atoms with Crippen LogP contribution in [0.1, 0.15) is 18.6 Å². The van der Waals surface area contributed by atoms with Gasteiger partial charge < -0.3 is 19.4 Å². The maximum atomic E-state index is 5.63. The molecule has 0 radical (unpaired) electrons. The van der Waals surface area contributed by atoms with Crippen molar-refractivity contribution in [1.29, 1.82) is 0 Å². The summed E-state index contributed by atoms with van der Waals surface area (Å²) in [5.74, 6) is 2.58. The van der Waals surface area contributed by atoms with Crippen molar-refractivity contribution in [3.05, 3.63) is 24.2 Å². The van der Waals surface area contributed by atoms with E-state index >= 15 is 0 Å². The van der Waals surface area contributed by atoms with Crippen LogP contribution in [0, 0.1) is 5.92 Å². The van der Waals surface area contributed by atoms with Crippen LogP contribution < -0.4 is 5.32 Å². The minimum atomic E-state index is 0.646. The Morgan fingerprint density at radius 3 is 3.05 bits per heavy atom. The Hall–Kier alpha value is -1.49. The fourth-order valence-corrected chi connectivity index (χ4v) is 1.81. The van der Waals surface area contributed by atoms with Crippen LogP contribution in [0.2, 0.25) is 0 Å². The van der Waals surface area contributed by atoms with Crippen molar-refractivity contribution in [3.8, 4) is 0 Å². The van der Waals surface area contributed by atoms with Gasteiger partial charge in [-0.25, -0.2) is 0 Å². The molecule has 1 aliphatic carbocycles. The topological polar surface area (TPSA) is 50.0 Å². The lowest BCUT2D eigenvalue weighted by atomic mass is 10.4. The normalized spacial score (nSPS) is 15.6. The van der Waals surface area contributed by atoms with E-state index in [4.69, 9.17) is 9.15 Å². The monoisotopic (exact) mass is 265 g/mol. The molecule has 1 aromatic heterocycles. The third-order valence-corrected chi connectivity index (χ3v) is 3.20. The minimum Gasteiger partial charge on any atom is -0.467 e. The van der Waals surface area contributed by atoms with Gasteiger partial charge in [0.25, 0.3) is 0 Å². The second-order valence-electron chi connectivity index (χ2n) is 4.92. The molecule has 0 saturated heterocycles. The molecule has 0 aliphatic heterocycles. The van der Waals surface area contributed by atoms with E-state index in [1.807, 2.05) is 19.2 Å². The third kappa shape index (κ3) is 4.95. The van der Waals surface area contributed by atoms with Gasteiger partial charge in [-0.3, -0.25) is 4.99 Å². The summed E-state index contributed by atoms with van der Waals surface area (Å²) in [6, 6.07) is 3.83. The van der Waals surface area contributed by atoms with Crippen molar-refractivity contribution in [2.45, 2.75) is 19.4 Å². The summed E-state index contributed by atoms with van der Waals surface area (Å²) in [6.07, 6.45) is 4.35. The lowest BCUT2D eigenvalue weighted by Crippen LogP contribution is -2.40. The number of ether oxygens (including phenoxy) is 1. The molecule has 0 spiro atoms. The maximum absolute atomic E-state index is 5.63. The van der Waals surface area contributed by atoms with Crippen LogP contribution in [0.3, 0.4) is 0 Å². The van der Waals surface area contributed by atoms with E-state index in [9.17, 15) is 0 Å². The summed E-state index contributed by atoms with van der Waals surface area (Å²) in [6.45, 7) is 3.14. The number of nitrogens with zero attached hydrogens (tertiary/aromatic N) is 2. The molecule has 106 valence electrons. The van der Waals surface area contributed by atoms with Crippen LogP contribution in [0.5, 0.6) is 0 Å². The van der Waals surface area contributed by atoms with Crippen molar-refractivity contribution >= 4 is 5.96 Å². The fourth-order valence-electron chi connectivity index (χ4n) is 1.81. The molecule has 5 heteroatoms. The number of guanidine groups is 1. The van der Waals surface area contributed by atoms with Gasteiger partial charge in [-0.2, -0.15) is 0 Å². The van der Waals surface area contributed by atoms with Crippen LogP contribution in [0.4, 0.5) is 0 Å². The van der Waals surface area contributed by atoms with Crippen molar-refractivity contribution < 1.29 is 9.15 Å². The summed E-state index contributed by atoms with van der Waals surface area (Å²) >= 11 is 0. The highest BCUT2D eigenvalue weighted by Gasteiger charge is 2.21. The van der Waals surface area contributed by atoms with Crippen LogP contribution >= 0.6 is 0 Å². The zero-order valence-electron chi connectivity index (χ0n) is 11.8. The molecule has 0 aromatic carbocycles. The molecule has 1 saturated carbocycles. The Morgan fingerprint density at radius 1 is 1.58 bits per heavy atom. The molecule has 0 atom stereocenters. The molecular formula is C14H23N3O2. The summed E-state index contributed by atoms with van der Waals surface area (Å²) in [4.78, 5) is 6.31. The standard InChI is InChI=1S/C14H23N3O2/c1-15-14(16-10-13-4-3-8-19-13)17(2)7-9-18-11-12-5-6-12/h3-4,8,12H,5-7,9-11H2,1-2H3,(H,15,16). The van der Waals surface area contributed by atoms with E-state index < -0.39 is 0 Å². The molecule has 2 rings (SSSR count). The molecule has 0 unspecified atom stereocenters. The average Bonchev–Trinajstić information content (AvgIpc) is 3.10. The molecule has 5 nitrogen and oxygen atoms in total. The van der Waals surface area contributed by atoms with Crippen molar-refractivity contribution in [3.63, 3.8) is 0 Å². The van der Waals surface area contributed by atoms with Gasteiger partial charge in [-0.05, 0) is 30.9 Å².